The van der Waals surface area contributed by atoms with E-state index in [1.165, 1.54) is 5.57 Å². The van der Waals surface area contributed by atoms with E-state index in [1.54, 1.807) is 22.4 Å². The van der Waals surface area contributed by atoms with Crippen LogP contribution in [0.1, 0.15) is 47.4 Å². The number of amides is 1. The third-order valence-corrected chi connectivity index (χ3v) is 7.28. The molecule has 5 heterocycles. The number of allylic oxidation sites excluding steroid dienone is 3. The third kappa shape index (κ3) is 4.18. The summed E-state index contributed by atoms with van der Waals surface area (Å²) in [7, 11) is 2.59. The van der Waals surface area contributed by atoms with Gasteiger partial charge in [-0.15, -0.1) is 19.4 Å². The van der Waals surface area contributed by atoms with Crippen molar-refractivity contribution in [3.63, 3.8) is 0 Å². The smallest absolute Gasteiger partial charge is 0.312 e. The Balaban J connectivity index is 1.31. The minimum absolute atomic E-state index is 0.0713. The third-order valence-electron chi connectivity index (χ3n) is 6.64. The van der Waals surface area contributed by atoms with E-state index in [4.69, 9.17) is 16.8 Å². The van der Waals surface area contributed by atoms with E-state index in [0.717, 1.165) is 35.2 Å². The molecule has 1 aliphatic carbocycles. The Bertz CT molecular complexity index is 1420. The molecule has 3 aliphatic rings. The van der Waals surface area contributed by atoms with Crippen molar-refractivity contribution in [3.8, 4) is 11.6 Å². The fourth-order valence-electron chi connectivity index (χ4n) is 4.73. The molecule has 12 heteroatoms. The minimum atomic E-state index is -0.335. The zero-order valence-electron chi connectivity index (χ0n) is 19.2. The first-order valence-electron chi connectivity index (χ1n) is 11.7. The van der Waals surface area contributed by atoms with Crippen molar-refractivity contribution in [3.05, 3.63) is 77.6 Å². The lowest BCUT2D eigenvalue weighted by molar-refractivity contribution is 0.0616. The molecular formula is C24H23N8O2PS. The van der Waals surface area contributed by atoms with Crippen molar-refractivity contribution in [1.82, 2.24) is 35.1 Å². The Kier molecular flexibility index (Phi) is 6.02. The monoisotopic (exact) mass is 518 g/mol. The number of H-pyrrole nitrogens is 1. The van der Waals surface area contributed by atoms with Crippen LogP contribution in [0.2, 0.25) is 0 Å². The lowest BCUT2D eigenvalue weighted by Gasteiger charge is -2.34. The predicted octanol–water partition coefficient (Wildman–Crippen LogP) is 3.18. The molecule has 3 aromatic heterocycles. The van der Waals surface area contributed by atoms with Crippen LogP contribution >= 0.6 is 9.24 Å². The summed E-state index contributed by atoms with van der Waals surface area (Å²) in [4.78, 5) is 27.4. The summed E-state index contributed by atoms with van der Waals surface area (Å²) in [5, 5.41) is 10.7. The molecule has 0 radical (unpaired) electrons. The largest absolute Gasteiger partial charge is 0.411 e. The molecule has 0 bridgehead atoms. The average Bonchev–Trinajstić information content (AvgIpc) is 3.42. The summed E-state index contributed by atoms with van der Waals surface area (Å²) in [6, 6.07) is 3.38. The molecule has 36 heavy (non-hydrogen) atoms. The number of carbonyl (C=O) groups excluding carboxylic acids is 1. The average molecular weight is 519 g/mol. The fraction of sp³-hybridized carbons (Fsp3) is 0.292. The van der Waals surface area contributed by atoms with Crippen LogP contribution in [0.4, 0.5) is 0 Å². The molecule has 3 aromatic rings. The maximum atomic E-state index is 13.6. The SMILES string of the molecule is O=C(c1nnc(-c2ncccc2P)o1)N1CCc2[nH]cnc2[C@@H]1C/C=C1/C(C2CC2)=CC=CN1N=S. The maximum absolute atomic E-state index is 13.6. The molecule has 1 N–H and O–H groups in total. The van der Waals surface area contributed by atoms with E-state index in [0.29, 0.717) is 31.0 Å². The van der Waals surface area contributed by atoms with Crippen LogP contribution in [0.3, 0.4) is 0 Å². The molecule has 1 saturated carbocycles. The van der Waals surface area contributed by atoms with Crippen molar-refractivity contribution >= 4 is 32.9 Å². The second-order valence-electron chi connectivity index (χ2n) is 8.87. The maximum Gasteiger partial charge on any atom is 0.312 e. The van der Waals surface area contributed by atoms with Crippen LogP contribution in [0, 0.1) is 5.92 Å². The second kappa shape index (κ2) is 9.48. The van der Waals surface area contributed by atoms with Crippen molar-refractivity contribution in [2.45, 2.75) is 31.7 Å². The van der Waals surface area contributed by atoms with E-state index in [9.17, 15) is 4.79 Å². The first-order chi connectivity index (χ1) is 17.6. The second-order valence-corrected chi connectivity index (χ2v) is 9.66. The highest BCUT2D eigenvalue weighted by molar-refractivity contribution is 7.47. The zero-order valence-corrected chi connectivity index (χ0v) is 21.2. The van der Waals surface area contributed by atoms with Gasteiger partial charge in [0.25, 0.3) is 5.89 Å². The molecule has 0 aromatic carbocycles. The summed E-state index contributed by atoms with van der Waals surface area (Å²) >= 11 is 5.02. The molecule has 2 atom stereocenters. The van der Waals surface area contributed by atoms with Gasteiger partial charge in [0.1, 0.15) is 5.69 Å². The van der Waals surface area contributed by atoms with Gasteiger partial charge < -0.3 is 14.3 Å². The number of fused-ring (bicyclic) bond motifs is 1. The highest BCUT2D eigenvalue weighted by Crippen LogP contribution is 2.43. The number of nitrogens with one attached hydrogen (secondary N) is 1. The van der Waals surface area contributed by atoms with Crippen LogP contribution in [0.25, 0.3) is 11.6 Å². The summed E-state index contributed by atoms with van der Waals surface area (Å²) in [6.07, 6.45) is 14.9. The number of nitrogens with zero attached hydrogens (tertiary/aromatic N) is 7. The minimum Gasteiger partial charge on any atom is -0.411 e. The van der Waals surface area contributed by atoms with Gasteiger partial charge in [0.15, 0.2) is 0 Å². The lowest BCUT2D eigenvalue weighted by Crippen LogP contribution is -2.40. The van der Waals surface area contributed by atoms with Crippen molar-refractivity contribution in [2.24, 2.45) is 10.4 Å². The number of pyridine rings is 1. The van der Waals surface area contributed by atoms with Crippen molar-refractivity contribution in [1.29, 1.82) is 0 Å². The van der Waals surface area contributed by atoms with E-state index in [1.807, 2.05) is 24.4 Å². The van der Waals surface area contributed by atoms with Gasteiger partial charge in [-0.1, -0.05) is 22.7 Å². The predicted molar refractivity (Wildman–Crippen MR) is 137 cm³/mol. The van der Waals surface area contributed by atoms with Crippen LogP contribution in [0.5, 0.6) is 0 Å². The first-order valence-corrected chi connectivity index (χ1v) is 12.7. The summed E-state index contributed by atoms with van der Waals surface area (Å²) in [6.45, 7) is 0.498. The molecule has 1 amide bonds. The number of hydrogen-bond donors (Lipinski definition) is 1. The number of imidazole rings is 1. The molecule has 0 spiro atoms. The highest BCUT2D eigenvalue weighted by atomic mass is 32.1. The number of aromatic amines is 1. The van der Waals surface area contributed by atoms with Crippen LogP contribution < -0.4 is 5.30 Å². The number of carbonyl (C=O) groups is 1. The molecule has 2 aliphatic heterocycles. The van der Waals surface area contributed by atoms with Gasteiger partial charge in [0.2, 0.25) is 0 Å². The fourth-order valence-corrected chi connectivity index (χ4v) is 5.18. The number of aromatic nitrogens is 5. The topological polar surface area (TPSA) is 116 Å². The molecule has 1 unspecified atom stereocenters. The summed E-state index contributed by atoms with van der Waals surface area (Å²) in [5.41, 5.74) is 4.59. The molecular weight excluding hydrogens is 495 g/mol. The summed E-state index contributed by atoms with van der Waals surface area (Å²) in [5.74, 6) is 0.322. The van der Waals surface area contributed by atoms with Crippen molar-refractivity contribution < 1.29 is 9.21 Å². The molecule has 0 saturated heterocycles. The van der Waals surface area contributed by atoms with Crippen molar-refractivity contribution in [2.75, 3.05) is 6.54 Å². The lowest BCUT2D eigenvalue weighted by atomic mass is 9.97. The molecule has 10 nitrogen and oxygen atoms in total. The normalized spacial score (nSPS) is 20.4. The van der Waals surface area contributed by atoms with E-state index >= 15 is 0 Å². The Morgan fingerprint density at radius 2 is 2.22 bits per heavy atom. The van der Waals surface area contributed by atoms with Gasteiger partial charge in [-0.2, -0.15) is 0 Å². The number of hydrogen-bond acceptors (Lipinski definition) is 8. The van der Waals surface area contributed by atoms with Gasteiger partial charge >= 0.3 is 11.8 Å². The van der Waals surface area contributed by atoms with E-state index in [-0.39, 0.29) is 23.7 Å². The Morgan fingerprint density at radius 1 is 1.33 bits per heavy atom. The standard InChI is InChI=1S/C24H23N8O2PS/c33-24(23-29-28-22(34-23)21-19(35)4-1-10-25-21)31-12-9-16-20(27-13-26-16)18(31)8-7-17-15(14-5-6-14)3-2-11-32(17)30-36/h1-4,7,10-11,13-14,18H,5-6,8-9,12,35H2,(H,26,27)/b17-7-/t18-/m0/s1. The first kappa shape index (κ1) is 22.9. The van der Waals surface area contributed by atoms with Gasteiger partial charge in [0.05, 0.1) is 36.2 Å². The van der Waals surface area contributed by atoms with Crippen LogP contribution in [0.15, 0.2) is 69.2 Å². The Morgan fingerprint density at radius 3 is 3.03 bits per heavy atom. The highest BCUT2D eigenvalue weighted by Gasteiger charge is 2.36. The molecule has 182 valence electrons. The van der Waals surface area contributed by atoms with Gasteiger partial charge in [0, 0.05) is 36.4 Å². The number of rotatable bonds is 6. The molecule has 6 rings (SSSR count). The van der Waals surface area contributed by atoms with E-state index in [2.05, 4.69) is 51.0 Å². The zero-order chi connectivity index (χ0) is 24.6. The Hall–Kier alpha value is -3.56. The van der Waals surface area contributed by atoms with Crippen LogP contribution in [-0.4, -0.2) is 47.5 Å². The Labute approximate surface area is 214 Å². The summed E-state index contributed by atoms with van der Waals surface area (Å²) < 4.78 is 9.79. The van der Waals surface area contributed by atoms with Crippen LogP contribution in [-0.2, 0) is 18.8 Å². The molecule has 1 fully saturated rings. The van der Waals surface area contributed by atoms with Gasteiger partial charge in [-0.3, -0.25) is 9.78 Å². The van der Waals surface area contributed by atoms with E-state index < -0.39 is 0 Å². The quantitative estimate of drug-likeness (QED) is 0.495. The van der Waals surface area contributed by atoms with Gasteiger partial charge in [-0.05, 0) is 42.9 Å². The van der Waals surface area contributed by atoms with Gasteiger partial charge in [-0.25, -0.2) is 9.99 Å².